The number of halogens is 3. The van der Waals surface area contributed by atoms with E-state index in [4.69, 9.17) is 11.6 Å². The van der Waals surface area contributed by atoms with E-state index in [0.717, 1.165) is 6.26 Å². The molecule has 0 saturated carbocycles. The van der Waals surface area contributed by atoms with Crippen molar-refractivity contribution in [2.45, 2.75) is 0 Å². The molecule has 3 rings (SSSR count). The van der Waals surface area contributed by atoms with Gasteiger partial charge in [-0.1, -0.05) is 35.9 Å². The lowest BCUT2D eigenvalue weighted by Gasteiger charge is -2.14. The first kappa shape index (κ1) is 22.2. The highest BCUT2D eigenvalue weighted by molar-refractivity contribution is 9.10. The van der Waals surface area contributed by atoms with Crippen LogP contribution in [0, 0.1) is 0 Å². The summed E-state index contributed by atoms with van der Waals surface area (Å²) in [7, 11) is -3.42. The van der Waals surface area contributed by atoms with Gasteiger partial charge in [0, 0.05) is 6.20 Å². The quantitative estimate of drug-likeness (QED) is 0.428. The minimum absolute atomic E-state index is 0. The fourth-order valence-electron chi connectivity index (χ4n) is 2.21. The van der Waals surface area contributed by atoms with Gasteiger partial charge in [-0.05, 0) is 40.2 Å². The third kappa shape index (κ3) is 5.96. The van der Waals surface area contributed by atoms with Crippen molar-refractivity contribution in [1.82, 2.24) is 9.97 Å². The molecule has 0 fully saturated rings. The molecule has 1 heterocycles. The summed E-state index contributed by atoms with van der Waals surface area (Å²) in [6.07, 6.45) is 2.68. The fraction of sp³-hybridized carbons (Fsp3) is 0.0588. The van der Waals surface area contributed by atoms with Gasteiger partial charge in [-0.2, -0.15) is 4.98 Å². The van der Waals surface area contributed by atoms with E-state index in [0.29, 0.717) is 38.3 Å². The molecule has 0 radical (unpaired) electrons. The van der Waals surface area contributed by atoms with Crippen LogP contribution < -0.4 is 15.4 Å². The van der Waals surface area contributed by atoms with Gasteiger partial charge in [0.15, 0.2) is 0 Å². The molecule has 3 aromatic rings. The number of anilines is 5. The first-order chi connectivity index (χ1) is 12.8. The smallest absolute Gasteiger partial charge is 0.229 e. The zero-order chi connectivity index (χ0) is 19.4. The van der Waals surface area contributed by atoms with Crippen LogP contribution in [-0.2, 0) is 10.0 Å². The molecule has 28 heavy (non-hydrogen) atoms. The predicted molar refractivity (Wildman–Crippen MR) is 120 cm³/mol. The molecule has 0 atom stereocenters. The SMILES string of the molecule is CS(=O)(=O)Nc1ccccc1Nc1nc(Nc2ccccc2Cl)ncc1Br.Cl. The number of sulfonamides is 1. The zero-order valence-corrected chi connectivity index (χ0v) is 18.5. The maximum absolute atomic E-state index is 11.6. The number of rotatable bonds is 6. The first-order valence-electron chi connectivity index (χ1n) is 7.70. The molecule has 7 nitrogen and oxygen atoms in total. The van der Waals surface area contributed by atoms with E-state index in [1.807, 2.05) is 18.2 Å². The van der Waals surface area contributed by atoms with Gasteiger partial charge in [0.2, 0.25) is 16.0 Å². The molecular formula is C17H16BrCl2N5O2S. The molecule has 2 aromatic carbocycles. The molecule has 0 aliphatic carbocycles. The molecule has 11 heteroatoms. The highest BCUT2D eigenvalue weighted by Gasteiger charge is 2.11. The second-order valence-electron chi connectivity index (χ2n) is 5.54. The molecule has 0 aliphatic rings. The van der Waals surface area contributed by atoms with Crippen molar-refractivity contribution in [3.63, 3.8) is 0 Å². The van der Waals surface area contributed by atoms with Crippen LogP contribution in [-0.4, -0.2) is 24.6 Å². The van der Waals surface area contributed by atoms with E-state index in [-0.39, 0.29) is 12.4 Å². The van der Waals surface area contributed by atoms with E-state index in [2.05, 4.69) is 41.3 Å². The number of nitrogens with zero attached hydrogens (tertiary/aromatic N) is 2. The maximum atomic E-state index is 11.6. The van der Waals surface area contributed by atoms with E-state index < -0.39 is 10.0 Å². The van der Waals surface area contributed by atoms with Crippen molar-refractivity contribution in [3.05, 3.63) is 64.2 Å². The van der Waals surface area contributed by atoms with Crippen LogP contribution in [0.2, 0.25) is 5.02 Å². The summed E-state index contributed by atoms with van der Waals surface area (Å²) in [5.41, 5.74) is 1.63. The monoisotopic (exact) mass is 503 g/mol. The van der Waals surface area contributed by atoms with Gasteiger partial charge in [0.25, 0.3) is 0 Å². The Morgan fingerprint density at radius 2 is 1.57 bits per heavy atom. The largest absolute Gasteiger partial charge is 0.337 e. The molecule has 0 amide bonds. The summed E-state index contributed by atoms with van der Waals surface area (Å²) in [6, 6.07) is 14.2. The van der Waals surface area contributed by atoms with Gasteiger partial charge >= 0.3 is 0 Å². The van der Waals surface area contributed by atoms with Crippen molar-refractivity contribution in [3.8, 4) is 0 Å². The van der Waals surface area contributed by atoms with Gasteiger partial charge in [-0.3, -0.25) is 4.72 Å². The van der Waals surface area contributed by atoms with E-state index in [9.17, 15) is 8.42 Å². The van der Waals surface area contributed by atoms with Gasteiger partial charge in [0.05, 0.1) is 32.8 Å². The molecular weight excluding hydrogens is 489 g/mol. The van der Waals surface area contributed by atoms with Crippen molar-refractivity contribution < 1.29 is 8.42 Å². The van der Waals surface area contributed by atoms with Crippen LogP contribution >= 0.6 is 39.9 Å². The number of para-hydroxylation sites is 3. The predicted octanol–water partition coefficient (Wildman–Crippen LogP) is 5.17. The highest BCUT2D eigenvalue weighted by atomic mass is 79.9. The molecule has 1 aromatic heterocycles. The maximum Gasteiger partial charge on any atom is 0.229 e. The lowest BCUT2D eigenvalue weighted by atomic mass is 10.2. The molecule has 148 valence electrons. The van der Waals surface area contributed by atoms with E-state index in [1.165, 1.54) is 0 Å². The highest BCUT2D eigenvalue weighted by Crippen LogP contribution is 2.30. The topological polar surface area (TPSA) is 96.0 Å². The van der Waals surface area contributed by atoms with Crippen LogP contribution in [0.1, 0.15) is 0 Å². The number of benzene rings is 2. The summed E-state index contributed by atoms with van der Waals surface area (Å²) in [6.45, 7) is 0. The summed E-state index contributed by atoms with van der Waals surface area (Å²) < 4.78 is 26.2. The van der Waals surface area contributed by atoms with Crippen molar-refractivity contribution in [1.29, 1.82) is 0 Å². The Morgan fingerprint density at radius 1 is 0.964 bits per heavy atom. The fourth-order valence-corrected chi connectivity index (χ4v) is 3.26. The molecule has 0 unspecified atom stereocenters. The lowest BCUT2D eigenvalue weighted by molar-refractivity contribution is 0.607. The Balaban J connectivity index is 0.00000280. The van der Waals surface area contributed by atoms with Crippen molar-refractivity contribution >= 4 is 78.8 Å². The Hall–Kier alpha value is -2.07. The molecule has 3 N–H and O–H groups in total. The van der Waals surface area contributed by atoms with Crippen LogP contribution in [0.15, 0.2) is 59.2 Å². The second-order valence-corrected chi connectivity index (χ2v) is 8.55. The Kier molecular flexibility index (Phi) is 7.48. The minimum Gasteiger partial charge on any atom is -0.337 e. The first-order valence-corrected chi connectivity index (χ1v) is 10.8. The van der Waals surface area contributed by atoms with Crippen molar-refractivity contribution in [2.24, 2.45) is 0 Å². The van der Waals surface area contributed by atoms with Gasteiger partial charge in [-0.25, -0.2) is 13.4 Å². The number of hydrogen-bond acceptors (Lipinski definition) is 6. The van der Waals surface area contributed by atoms with Crippen LogP contribution in [0.3, 0.4) is 0 Å². The summed E-state index contributed by atoms with van der Waals surface area (Å²) in [5, 5.41) is 6.70. The summed E-state index contributed by atoms with van der Waals surface area (Å²) in [4.78, 5) is 8.65. The molecule has 0 bridgehead atoms. The van der Waals surface area contributed by atoms with Crippen LogP contribution in [0.4, 0.5) is 28.8 Å². The van der Waals surface area contributed by atoms with E-state index >= 15 is 0 Å². The summed E-state index contributed by atoms with van der Waals surface area (Å²) in [5.74, 6) is 0.796. The third-order valence-electron chi connectivity index (χ3n) is 3.34. The average molecular weight is 505 g/mol. The van der Waals surface area contributed by atoms with Crippen molar-refractivity contribution in [2.75, 3.05) is 21.6 Å². The summed E-state index contributed by atoms with van der Waals surface area (Å²) >= 11 is 9.54. The molecule has 0 aliphatic heterocycles. The number of nitrogens with one attached hydrogen (secondary N) is 3. The molecule has 0 spiro atoms. The average Bonchev–Trinajstić information content (AvgIpc) is 2.60. The Bertz CT molecular complexity index is 1080. The van der Waals surface area contributed by atoms with Gasteiger partial charge in [-0.15, -0.1) is 12.4 Å². The third-order valence-corrected chi connectivity index (χ3v) is 4.84. The Labute approximate surface area is 182 Å². The lowest BCUT2D eigenvalue weighted by Crippen LogP contribution is -2.11. The standard InChI is InChI=1S/C17H15BrClN5O2S.ClH/c1-27(25,26)24-15-9-5-4-8-14(15)21-16-11(18)10-20-17(23-16)22-13-7-3-2-6-12(13)19;/h2-10,24H,1H3,(H2,20,21,22,23);1H. The van der Waals surface area contributed by atoms with Crippen LogP contribution in [0.5, 0.6) is 0 Å². The van der Waals surface area contributed by atoms with Crippen LogP contribution in [0.25, 0.3) is 0 Å². The van der Waals surface area contributed by atoms with Gasteiger partial charge in [0.1, 0.15) is 5.82 Å². The van der Waals surface area contributed by atoms with Gasteiger partial charge < -0.3 is 10.6 Å². The second kappa shape index (κ2) is 9.42. The van der Waals surface area contributed by atoms with E-state index in [1.54, 1.807) is 36.5 Å². The zero-order valence-electron chi connectivity index (χ0n) is 14.5. The number of aromatic nitrogens is 2. The minimum atomic E-state index is -3.42. The molecule has 0 saturated heterocycles. The Morgan fingerprint density at radius 3 is 2.21 bits per heavy atom. The number of hydrogen-bond donors (Lipinski definition) is 3. The normalized spacial score (nSPS) is 10.7.